The summed E-state index contributed by atoms with van der Waals surface area (Å²) in [6.45, 7) is 20.4. The topological polar surface area (TPSA) is 77.0 Å². The second-order valence-electron chi connectivity index (χ2n) is 9.38. The zero-order valence-corrected chi connectivity index (χ0v) is 21.6. The van der Waals surface area contributed by atoms with Crippen LogP contribution in [0.5, 0.6) is 0 Å². The largest absolute Gasteiger partial charge is 0.416 e. The number of carbonyl (C=O) groups excluding carboxylic acids is 1. The van der Waals surface area contributed by atoms with Crippen LogP contribution in [0.15, 0.2) is 66.2 Å². The van der Waals surface area contributed by atoms with Crippen molar-refractivity contribution in [1.82, 2.24) is 15.5 Å². The van der Waals surface area contributed by atoms with Gasteiger partial charge in [0.25, 0.3) is 0 Å². The van der Waals surface area contributed by atoms with E-state index in [9.17, 15) is 23.1 Å². The van der Waals surface area contributed by atoms with Crippen LogP contribution in [-0.2, 0) is 11.0 Å². The Hall–Kier alpha value is -3.17. The first-order valence-electron chi connectivity index (χ1n) is 12.2. The van der Waals surface area contributed by atoms with Crippen molar-refractivity contribution in [2.75, 3.05) is 26.2 Å². The standard InChI is InChI=1S/C28H37F3N4O2/c1-7-8-22(17-36)20(4)18(2)9-10-19(3)35-15-24(16-35)34-27(37)14-33-21(5)25-13-23(28(29,30)31)11-12-26(25)32-6/h7-8,11-13,18-19,24,33,36H,1,4-6,9-10,14-17H2,2-3H3,(H,34,37)/b22-8-. The van der Waals surface area contributed by atoms with E-state index >= 15 is 0 Å². The maximum absolute atomic E-state index is 13.1. The first kappa shape index (κ1) is 30.1. The second kappa shape index (κ2) is 13.4. The lowest BCUT2D eigenvalue weighted by molar-refractivity contribution is -0.137. The molecule has 1 aliphatic heterocycles. The molecule has 0 radical (unpaired) electrons. The molecule has 0 spiro atoms. The van der Waals surface area contributed by atoms with Crippen molar-refractivity contribution in [3.63, 3.8) is 0 Å². The first-order chi connectivity index (χ1) is 17.4. The van der Waals surface area contributed by atoms with Crippen LogP contribution in [0.3, 0.4) is 0 Å². The molecule has 9 heteroatoms. The molecule has 3 N–H and O–H groups in total. The Morgan fingerprint density at radius 1 is 1.27 bits per heavy atom. The summed E-state index contributed by atoms with van der Waals surface area (Å²) < 4.78 is 39.2. The number of amides is 1. The summed E-state index contributed by atoms with van der Waals surface area (Å²) >= 11 is 0. The van der Waals surface area contributed by atoms with Gasteiger partial charge in [-0.15, -0.1) is 0 Å². The van der Waals surface area contributed by atoms with Gasteiger partial charge >= 0.3 is 6.18 Å². The molecule has 1 heterocycles. The van der Waals surface area contributed by atoms with Gasteiger partial charge in [0.15, 0.2) is 0 Å². The number of rotatable bonds is 14. The van der Waals surface area contributed by atoms with Crippen LogP contribution in [-0.4, -0.2) is 61.0 Å². The number of hydrogen-bond donors (Lipinski definition) is 3. The number of likely N-dealkylation sites (tertiary alicyclic amines) is 1. The third-order valence-electron chi connectivity index (χ3n) is 6.69. The fourth-order valence-electron chi connectivity index (χ4n) is 4.18. The normalized spacial score (nSPS) is 16.3. The van der Waals surface area contributed by atoms with Crippen LogP contribution in [0.1, 0.15) is 37.8 Å². The first-order valence-corrected chi connectivity index (χ1v) is 12.2. The van der Waals surface area contributed by atoms with Gasteiger partial charge in [0.05, 0.1) is 30.4 Å². The molecule has 1 saturated heterocycles. The molecule has 2 unspecified atom stereocenters. The summed E-state index contributed by atoms with van der Waals surface area (Å²) in [7, 11) is 0. The lowest BCUT2D eigenvalue weighted by Crippen LogP contribution is -2.62. The molecular weight excluding hydrogens is 481 g/mol. The smallest absolute Gasteiger partial charge is 0.392 e. The molecule has 2 rings (SSSR count). The fourth-order valence-corrected chi connectivity index (χ4v) is 4.18. The van der Waals surface area contributed by atoms with Gasteiger partial charge in [0.1, 0.15) is 0 Å². The van der Waals surface area contributed by atoms with Crippen molar-refractivity contribution in [3.05, 3.63) is 72.4 Å². The number of benzene rings is 1. The van der Waals surface area contributed by atoms with Gasteiger partial charge < -0.3 is 15.7 Å². The molecule has 0 aliphatic carbocycles. The zero-order chi connectivity index (χ0) is 27.8. The highest BCUT2D eigenvalue weighted by Gasteiger charge is 2.32. The second-order valence-corrected chi connectivity index (χ2v) is 9.38. The number of alkyl halides is 3. The molecule has 1 aromatic carbocycles. The third-order valence-corrected chi connectivity index (χ3v) is 6.69. The highest BCUT2D eigenvalue weighted by Crippen LogP contribution is 2.34. The quantitative estimate of drug-likeness (QED) is 0.243. The van der Waals surface area contributed by atoms with Crippen LogP contribution in [0.25, 0.3) is 5.70 Å². The molecule has 1 aliphatic rings. The van der Waals surface area contributed by atoms with E-state index in [-0.39, 0.29) is 48.0 Å². The molecule has 1 fully saturated rings. The van der Waals surface area contributed by atoms with Crippen LogP contribution < -0.4 is 10.6 Å². The average molecular weight is 519 g/mol. The zero-order valence-electron chi connectivity index (χ0n) is 21.6. The number of halogens is 3. The number of nitrogens with zero attached hydrogens (tertiary/aromatic N) is 2. The monoisotopic (exact) mass is 518 g/mol. The Bertz CT molecular complexity index is 1040. The Balaban J connectivity index is 1.77. The Morgan fingerprint density at radius 3 is 2.51 bits per heavy atom. The fraction of sp³-hybridized carbons (Fsp3) is 0.429. The molecule has 0 saturated carbocycles. The van der Waals surface area contributed by atoms with E-state index in [1.54, 1.807) is 12.2 Å². The lowest BCUT2D eigenvalue weighted by atomic mass is 9.89. The van der Waals surface area contributed by atoms with Crippen LogP contribution in [0.2, 0.25) is 0 Å². The molecule has 0 bridgehead atoms. The summed E-state index contributed by atoms with van der Waals surface area (Å²) in [6.07, 6.45) is 0.796. The molecular formula is C28H37F3N4O2. The van der Waals surface area contributed by atoms with Crippen molar-refractivity contribution in [1.29, 1.82) is 0 Å². The van der Waals surface area contributed by atoms with Gasteiger partial charge in [-0.25, -0.2) is 0 Å². The number of nitrogens with one attached hydrogen (secondary N) is 2. The van der Waals surface area contributed by atoms with Gasteiger partial charge in [0.2, 0.25) is 5.91 Å². The van der Waals surface area contributed by atoms with Crippen molar-refractivity contribution >= 4 is 24.0 Å². The molecule has 6 nitrogen and oxygen atoms in total. The van der Waals surface area contributed by atoms with E-state index in [0.717, 1.165) is 49.2 Å². The Labute approximate surface area is 217 Å². The lowest BCUT2D eigenvalue weighted by Gasteiger charge is -2.43. The predicted molar refractivity (Wildman–Crippen MR) is 144 cm³/mol. The van der Waals surface area contributed by atoms with Crippen LogP contribution in [0, 0.1) is 5.92 Å². The minimum atomic E-state index is -4.50. The summed E-state index contributed by atoms with van der Waals surface area (Å²) in [6, 6.07) is 3.43. The van der Waals surface area contributed by atoms with E-state index in [0.29, 0.717) is 6.04 Å². The SMILES string of the molecule is C=C/C=C(/CO)C(=C)C(C)CCC(C)N1CC(NC(=O)CNC(=C)c2cc(C(F)(F)F)ccc2N=C)C1. The molecule has 0 aromatic heterocycles. The van der Waals surface area contributed by atoms with Gasteiger partial charge in [-0.05, 0) is 61.7 Å². The number of hydrogen-bond acceptors (Lipinski definition) is 5. The maximum Gasteiger partial charge on any atom is 0.416 e. The third kappa shape index (κ3) is 8.43. The van der Waals surface area contributed by atoms with E-state index in [1.165, 1.54) is 6.07 Å². The molecule has 1 amide bonds. The van der Waals surface area contributed by atoms with E-state index in [2.05, 4.69) is 60.8 Å². The highest BCUT2D eigenvalue weighted by atomic mass is 19.4. The molecule has 1 aromatic rings. The summed E-state index contributed by atoms with van der Waals surface area (Å²) in [5.74, 6) is -0.0422. The van der Waals surface area contributed by atoms with E-state index < -0.39 is 11.7 Å². The summed E-state index contributed by atoms with van der Waals surface area (Å²) in [5, 5.41) is 15.2. The Morgan fingerprint density at radius 2 is 1.95 bits per heavy atom. The predicted octanol–water partition coefficient (Wildman–Crippen LogP) is 4.86. The molecule has 2 atom stereocenters. The van der Waals surface area contributed by atoms with Crippen molar-refractivity contribution < 1.29 is 23.1 Å². The minimum Gasteiger partial charge on any atom is -0.392 e. The maximum atomic E-state index is 13.1. The number of aliphatic imine (C=N–C) groups is 1. The average Bonchev–Trinajstić information content (AvgIpc) is 2.84. The number of allylic oxidation sites excluding steroid dienone is 2. The van der Waals surface area contributed by atoms with Crippen molar-refractivity contribution in [2.24, 2.45) is 10.9 Å². The minimum absolute atomic E-state index is 0.00730. The van der Waals surface area contributed by atoms with Gasteiger partial charge in [-0.2, -0.15) is 13.2 Å². The van der Waals surface area contributed by atoms with E-state index in [1.807, 2.05) is 0 Å². The number of aliphatic hydroxyl groups is 1. The number of carbonyl (C=O) groups is 1. The highest BCUT2D eigenvalue weighted by molar-refractivity contribution is 5.82. The van der Waals surface area contributed by atoms with Crippen molar-refractivity contribution in [2.45, 2.75) is 44.9 Å². The van der Waals surface area contributed by atoms with Crippen LogP contribution >= 0.6 is 0 Å². The Kier molecular flexibility index (Phi) is 10.9. The molecule has 202 valence electrons. The number of aliphatic hydroxyl groups excluding tert-OH is 1. The molecule has 37 heavy (non-hydrogen) atoms. The van der Waals surface area contributed by atoms with Gasteiger partial charge in [-0.3, -0.25) is 14.7 Å². The van der Waals surface area contributed by atoms with Crippen molar-refractivity contribution in [3.8, 4) is 0 Å². The van der Waals surface area contributed by atoms with Gasteiger partial charge in [-0.1, -0.05) is 38.8 Å². The van der Waals surface area contributed by atoms with Crippen LogP contribution in [0.4, 0.5) is 18.9 Å². The van der Waals surface area contributed by atoms with Gasteiger partial charge in [0, 0.05) is 30.4 Å². The summed E-state index contributed by atoms with van der Waals surface area (Å²) in [5.41, 5.74) is 1.44. The summed E-state index contributed by atoms with van der Waals surface area (Å²) in [4.78, 5) is 18.4. The van der Waals surface area contributed by atoms with E-state index in [4.69, 9.17) is 0 Å².